The first-order valence-electron chi connectivity index (χ1n) is 12.5. The average Bonchev–Trinajstić information content (AvgIpc) is 3.65. The van der Waals surface area contributed by atoms with E-state index in [2.05, 4.69) is 40.2 Å². The van der Waals surface area contributed by atoms with Crippen molar-refractivity contribution >= 4 is 11.9 Å². The van der Waals surface area contributed by atoms with E-state index in [0.29, 0.717) is 30.4 Å². The maximum Gasteiger partial charge on any atom is 0.357 e. The lowest BCUT2D eigenvalue weighted by Gasteiger charge is -2.30. The molecule has 37 heavy (non-hydrogen) atoms. The van der Waals surface area contributed by atoms with Crippen LogP contribution in [0.4, 0.5) is 0 Å². The van der Waals surface area contributed by atoms with Crippen LogP contribution in [0.3, 0.4) is 0 Å². The lowest BCUT2D eigenvalue weighted by atomic mass is 9.97. The third-order valence-electron chi connectivity index (χ3n) is 6.61. The summed E-state index contributed by atoms with van der Waals surface area (Å²) in [5, 5.41) is 12.5. The van der Waals surface area contributed by atoms with Gasteiger partial charge in [-0.05, 0) is 39.5 Å². The van der Waals surface area contributed by atoms with Gasteiger partial charge in [0.25, 0.3) is 0 Å². The number of hydrogen-bond acceptors (Lipinski definition) is 9. The Balaban J connectivity index is 1.53. The zero-order chi connectivity index (χ0) is 26.7. The summed E-state index contributed by atoms with van der Waals surface area (Å²) in [7, 11) is 0. The van der Waals surface area contributed by atoms with Crippen molar-refractivity contribution in [2.75, 3.05) is 13.1 Å². The van der Waals surface area contributed by atoms with E-state index in [1.165, 1.54) is 11.8 Å². The van der Waals surface area contributed by atoms with Gasteiger partial charge < -0.3 is 28.6 Å². The predicted octanol–water partition coefficient (Wildman–Crippen LogP) is 4.63. The summed E-state index contributed by atoms with van der Waals surface area (Å²) in [5.74, 6) is 0.0730. The predicted molar refractivity (Wildman–Crippen MR) is 134 cm³/mol. The summed E-state index contributed by atoms with van der Waals surface area (Å²) < 4.78 is 16.8. The molecule has 1 fully saturated rings. The van der Waals surface area contributed by atoms with Gasteiger partial charge in [-0.3, -0.25) is 4.79 Å². The monoisotopic (exact) mass is 511 g/mol. The van der Waals surface area contributed by atoms with Gasteiger partial charge in [0.05, 0.1) is 6.04 Å². The zero-order valence-corrected chi connectivity index (χ0v) is 21.8. The number of nitrogens with one attached hydrogen (secondary N) is 1. The number of allylic oxidation sites excluding steroid dienone is 1. The van der Waals surface area contributed by atoms with Crippen molar-refractivity contribution in [1.82, 2.24) is 25.2 Å². The van der Waals surface area contributed by atoms with Gasteiger partial charge in [-0.1, -0.05) is 31.9 Å². The van der Waals surface area contributed by atoms with Gasteiger partial charge in [0.2, 0.25) is 23.6 Å². The highest BCUT2D eigenvalue weighted by Crippen LogP contribution is 2.35. The maximum absolute atomic E-state index is 13.6. The SMILES string of the molecule is CC[C@H](C)[C@H](NCC=C(C)C)C(=O)N1CCC[C@H]1c1nc(-c2nc(-c3nc(C(=O)O)co3)c(C)o2)co1. The summed E-state index contributed by atoms with van der Waals surface area (Å²) in [6, 6.07) is -0.581. The van der Waals surface area contributed by atoms with Gasteiger partial charge in [-0.2, -0.15) is 0 Å². The van der Waals surface area contributed by atoms with Crippen LogP contribution < -0.4 is 5.32 Å². The van der Waals surface area contributed by atoms with Gasteiger partial charge in [0.1, 0.15) is 24.3 Å². The van der Waals surface area contributed by atoms with Crippen molar-refractivity contribution in [3.8, 4) is 23.2 Å². The van der Waals surface area contributed by atoms with Crippen LogP contribution in [0, 0.1) is 12.8 Å². The molecular formula is C26H33N5O6. The smallest absolute Gasteiger partial charge is 0.357 e. The average molecular weight is 512 g/mol. The van der Waals surface area contributed by atoms with Crippen molar-refractivity contribution < 1.29 is 27.9 Å². The van der Waals surface area contributed by atoms with Crippen LogP contribution in [0.15, 0.2) is 37.4 Å². The highest BCUT2D eigenvalue weighted by atomic mass is 16.4. The molecule has 1 aliphatic heterocycles. The van der Waals surface area contributed by atoms with Crippen LogP contribution in [-0.4, -0.2) is 56.0 Å². The molecule has 0 aliphatic carbocycles. The molecule has 1 saturated heterocycles. The minimum Gasteiger partial charge on any atom is -0.476 e. The zero-order valence-electron chi connectivity index (χ0n) is 21.8. The number of carbonyl (C=O) groups excluding carboxylic acids is 1. The first kappa shape index (κ1) is 26.3. The molecule has 198 valence electrons. The second kappa shape index (κ2) is 11.1. The summed E-state index contributed by atoms with van der Waals surface area (Å²) >= 11 is 0. The number of oxazole rings is 3. The molecule has 3 aromatic heterocycles. The molecule has 0 saturated carbocycles. The number of aromatic nitrogens is 3. The number of carboxylic acids is 1. The summed E-state index contributed by atoms with van der Waals surface area (Å²) in [4.78, 5) is 39.5. The number of carbonyl (C=O) groups is 2. The van der Waals surface area contributed by atoms with Crippen LogP contribution in [0.25, 0.3) is 23.2 Å². The Labute approximate surface area is 215 Å². The van der Waals surface area contributed by atoms with E-state index < -0.39 is 5.97 Å². The summed E-state index contributed by atoms with van der Waals surface area (Å²) in [6.07, 6.45) is 7.06. The van der Waals surface area contributed by atoms with Crippen molar-refractivity contribution in [2.45, 2.75) is 66.0 Å². The molecular weight excluding hydrogens is 478 g/mol. The number of likely N-dealkylation sites (tertiary alicyclic amines) is 1. The Morgan fingerprint density at radius 3 is 2.68 bits per heavy atom. The Morgan fingerprint density at radius 2 is 2.00 bits per heavy atom. The van der Waals surface area contributed by atoms with Crippen LogP contribution in [-0.2, 0) is 4.79 Å². The van der Waals surface area contributed by atoms with E-state index in [9.17, 15) is 9.59 Å². The normalized spacial score (nSPS) is 17.1. The molecule has 11 heteroatoms. The second-order valence-electron chi connectivity index (χ2n) is 9.58. The minimum absolute atomic E-state index is 0.0397. The number of aromatic carboxylic acids is 1. The van der Waals surface area contributed by atoms with Crippen LogP contribution in [0.2, 0.25) is 0 Å². The first-order chi connectivity index (χ1) is 17.7. The summed E-state index contributed by atoms with van der Waals surface area (Å²) in [5.41, 5.74) is 1.63. The number of rotatable bonds is 10. The molecule has 1 aliphatic rings. The third-order valence-corrected chi connectivity index (χ3v) is 6.61. The second-order valence-corrected chi connectivity index (χ2v) is 9.58. The topological polar surface area (TPSA) is 148 Å². The Kier molecular flexibility index (Phi) is 7.91. The molecule has 0 unspecified atom stereocenters. The Morgan fingerprint density at radius 1 is 1.22 bits per heavy atom. The van der Waals surface area contributed by atoms with Gasteiger partial charge in [0.15, 0.2) is 17.1 Å². The molecule has 3 aromatic rings. The van der Waals surface area contributed by atoms with E-state index in [4.69, 9.17) is 18.4 Å². The molecule has 4 rings (SSSR count). The number of hydrogen-bond donors (Lipinski definition) is 2. The van der Waals surface area contributed by atoms with E-state index in [1.54, 1.807) is 6.92 Å². The number of amides is 1. The van der Waals surface area contributed by atoms with Crippen LogP contribution in [0.1, 0.15) is 75.1 Å². The van der Waals surface area contributed by atoms with Crippen molar-refractivity contribution in [3.05, 3.63) is 41.5 Å². The fourth-order valence-corrected chi connectivity index (χ4v) is 4.35. The fraction of sp³-hybridized carbons (Fsp3) is 0.500. The molecule has 11 nitrogen and oxygen atoms in total. The van der Waals surface area contributed by atoms with E-state index in [1.807, 2.05) is 18.7 Å². The molecule has 0 radical (unpaired) electrons. The number of nitrogens with zero attached hydrogens (tertiary/aromatic N) is 4. The standard InChI is InChI=1S/C26H33N5O6/c1-6-15(4)20(27-10-9-14(2)3)25(32)31-11-7-8-19(31)23-28-17(12-35-23)22-30-21(16(5)37-22)24-29-18(13-36-24)26(33)34/h9,12-13,15,19-20,27H,6-8,10-11H2,1-5H3,(H,33,34)/t15-,19-,20-/m0/s1. The minimum atomic E-state index is -1.20. The van der Waals surface area contributed by atoms with E-state index >= 15 is 0 Å². The Bertz CT molecular complexity index is 1280. The summed E-state index contributed by atoms with van der Waals surface area (Å²) in [6.45, 7) is 11.2. The highest BCUT2D eigenvalue weighted by molar-refractivity contribution is 5.85. The highest BCUT2D eigenvalue weighted by Gasteiger charge is 2.38. The van der Waals surface area contributed by atoms with E-state index in [0.717, 1.165) is 25.5 Å². The molecule has 0 bridgehead atoms. The van der Waals surface area contributed by atoms with Crippen molar-refractivity contribution in [3.63, 3.8) is 0 Å². The van der Waals surface area contributed by atoms with Crippen molar-refractivity contribution in [1.29, 1.82) is 0 Å². The van der Waals surface area contributed by atoms with Crippen LogP contribution in [0.5, 0.6) is 0 Å². The van der Waals surface area contributed by atoms with Gasteiger partial charge in [-0.25, -0.2) is 19.7 Å². The van der Waals surface area contributed by atoms with Crippen molar-refractivity contribution in [2.24, 2.45) is 5.92 Å². The van der Waals surface area contributed by atoms with Gasteiger partial charge in [-0.15, -0.1) is 0 Å². The molecule has 3 atom stereocenters. The van der Waals surface area contributed by atoms with E-state index in [-0.39, 0.29) is 47.1 Å². The first-order valence-corrected chi connectivity index (χ1v) is 12.5. The quantitative estimate of drug-likeness (QED) is 0.369. The van der Waals surface area contributed by atoms with Gasteiger partial charge >= 0.3 is 5.97 Å². The molecule has 0 spiro atoms. The molecule has 0 aromatic carbocycles. The van der Waals surface area contributed by atoms with Crippen LogP contribution >= 0.6 is 0 Å². The third kappa shape index (κ3) is 5.66. The lowest BCUT2D eigenvalue weighted by molar-refractivity contribution is -0.136. The lowest BCUT2D eigenvalue weighted by Crippen LogP contribution is -2.49. The fourth-order valence-electron chi connectivity index (χ4n) is 4.35. The van der Waals surface area contributed by atoms with Gasteiger partial charge in [0, 0.05) is 13.1 Å². The number of carboxylic acid groups (broad SMARTS) is 1. The molecule has 2 N–H and O–H groups in total. The molecule has 1 amide bonds. The Hall–Kier alpha value is -3.73. The maximum atomic E-state index is 13.6. The number of aryl methyl sites for hydroxylation is 1. The largest absolute Gasteiger partial charge is 0.476 e. The molecule has 4 heterocycles.